The lowest BCUT2D eigenvalue weighted by molar-refractivity contribution is 0.563. The fraction of sp³-hybridized carbons (Fsp3) is 0.294. The molecule has 1 saturated carbocycles. The van der Waals surface area contributed by atoms with Gasteiger partial charge in [0, 0.05) is 18.0 Å². The van der Waals surface area contributed by atoms with Crippen LogP contribution in [-0.2, 0) is 0 Å². The highest BCUT2D eigenvalue weighted by Crippen LogP contribution is 2.42. The van der Waals surface area contributed by atoms with E-state index in [1.165, 1.54) is 17.5 Å². The Morgan fingerprint density at radius 2 is 1.80 bits per heavy atom. The van der Waals surface area contributed by atoms with Crippen LogP contribution in [-0.4, -0.2) is 6.04 Å². The van der Waals surface area contributed by atoms with Gasteiger partial charge in [-0.2, -0.15) is 0 Å². The van der Waals surface area contributed by atoms with Crippen molar-refractivity contribution in [2.24, 2.45) is 0 Å². The average molecular weight is 306 g/mol. The number of halogens is 2. The van der Waals surface area contributed by atoms with Gasteiger partial charge in [-0.1, -0.05) is 59.6 Å². The van der Waals surface area contributed by atoms with E-state index in [1.54, 1.807) is 0 Å². The van der Waals surface area contributed by atoms with Crippen molar-refractivity contribution in [3.63, 3.8) is 0 Å². The predicted molar refractivity (Wildman–Crippen MR) is 85.6 cm³/mol. The molecule has 0 bridgehead atoms. The van der Waals surface area contributed by atoms with E-state index in [9.17, 15) is 0 Å². The Morgan fingerprint density at radius 3 is 2.50 bits per heavy atom. The van der Waals surface area contributed by atoms with Gasteiger partial charge >= 0.3 is 0 Å². The standard InChI is InChI=1S/C17H17Cl2N/c1-11(13-7-8-15(18)16(19)9-13)20-17-10-14(17)12-5-3-2-4-6-12/h2-9,11,14,17,20H,10H2,1H3. The van der Waals surface area contributed by atoms with E-state index >= 15 is 0 Å². The third kappa shape index (κ3) is 3.01. The monoisotopic (exact) mass is 305 g/mol. The highest BCUT2D eigenvalue weighted by Gasteiger charge is 2.38. The molecule has 3 unspecified atom stereocenters. The molecule has 0 amide bonds. The van der Waals surface area contributed by atoms with Gasteiger partial charge in [0.15, 0.2) is 0 Å². The van der Waals surface area contributed by atoms with E-state index in [4.69, 9.17) is 23.2 Å². The minimum Gasteiger partial charge on any atom is -0.307 e. The number of hydrogen-bond donors (Lipinski definition) is 1. The molecule has 1 nitrogen and oxygen atoms in total. The molecule has 3 rings (SSSR count). The summed E-state index contributed by atoms with van der Waals surface area (Å²) in [5, 5.41) is 4.89. The molecule has 20 heavy (non-hydrogen) atoms. The Balaban J connectivity index is 1.63. The van der Waals surface area contributed by atoms with E-state index in [0.717, 1.165) is 0 Å². The smallest absolute Gasteiger partial charge is 0.0595 e. The van der Waals surface area contributed by atoms with Crippen LogP contribution in [0, 0.1) is 0 Å². The van der Waals surface area contributed by atoms with Crippen molar-refractivity contribution in [2.75, 3.05) is 0 Å². The molecule has 0 aromatic heterocycles. The molecule has 0 saturated heterocycles. The zero-order valence-corrected chi connectivity index (χ0v) is 12.8. The van der Waals surface area contributed by atoms with Gasteiger partial charge in [-0.3, -0.25) is 0 Å². The highest BCUT2D eigenvalue weighted by atomic mass is 35.5. The predicted octanol–water partition coefficient (Wildman–Crippen LogP) is 5.20. The van der Waals surface area contributed by atoms with Crippen LogP contribution in [0.25, 0.3) is 0 Å². The maximum Gasteiger partial charge on any atom is 0.0595 e. The number of benzene rings is 2. The molecule has 0 radical (unpaired) electrons. The van der Waals surface area contributed by atoms with E-state index in [1.807, 2.05) is 18.2 Å². The van der Waals surface area contributed by atoms with Crippen molar-refractivity contribution < 1.29 is 0 Å². The van der Waals surface area contributed by atoms with Gasteiger partial charge < -0.3 is 5.32 Å². The first kappa shape index (κ1) is 13.9. The molecule has 1 fully saturated rings. The summed E-state index contributed by atoms with van der Waals surface area (Å²) < 4.78 is 0. The molecule has 1 N–H and O–H groups in total. The Labute approximate surface area is 129 Å². The zero-order valence-electron chi connectivity index (χ0n) is 11.3. The molecule has 1 aliphatic carbocycles. The van der Waals surface area contributed by atoms with Crippen LogP contribution in [0.15, 0.2) is 48.5 Å². The lowest BCUT2D eigenvalue weighted by Gasteiger charge is -2.15. The normalized spacial score (nSPS) is 22.6. The number of nitrogens with one attached hydrogen (secondary N) is 1. The Bertz CT molecular complexity index is 597. The minimum atomic E-state index is 0.281. The van der Waals surface area contributed by atoms with Crippen LogP contribution in [0.3, 0.4) is 0 Å². The van der Waals surface area contributed by atoms with Gasteiger partial charge in [-0.05, 0) is 36.6 Å². The lowest BCUT2D eigenvalue weighted by Crippen LogP contribution is -2.22. The second kappa shape index (κ2) is 5.77. The van der Waals surface area contributed by atoms with Crippen molar-refractivity contribution in [1.29, 1.82) is 0 Å². The number of rotatable bonds is 4. The SMILES string of the molecule is CC(NC1CC1c1ccccc1)c1ccc(Cl)c(Cl)c1. The second-order valence-corrected chi connectivity index (χ2v) is 6.24. The first-order valence-corrected chi connectivity index (χ1v) is 7.66. The zero-order chi connectivity index (χ0) is 14.1. The summed E-state index contributed by atoms with van der Waals surface area (Å²) in [6.45, 7) is 2.17. The minimum absolute atomic E-state index is 0.281. The van der Waals surface area contributed by atoms with Crippen LogP contribution < -0.4 is 5.32 Å². The molecule has 2 aromatic carbocycles. The summed E-state index contributed by atoms with van der Waals surface area (Å²) in [6.07, 6.45) is 1.20. The third-order valence-corrected chi connectivity index (χ3v) is 4.66. The quantitative estimate of drug-likeness (QED) is 0.818. The topological polar surface area (TPSA) is 12.0 Å². The van der Waals surface area contributed by atoms with Crippen molar-refractivity contribution in [3.8, 4) is 0 Å². The summed E-state index contributed by atoms with van der Waals surface area (Å²) >= 11 is 12.0. The average Bonchev–Trinajstić information content (AvgIpc) is 3.22. The summed E-state index contributed by atoms with van der Waals surface area (Å²) in [5.41, 5.74) is 2.60. The third-order valence-electron chi connectivity index (χ3n) is 3.93. The molecular formula is C17H17Cl2N. The fourth-order valence-electron chi connectivity index (χ4n) is 2.65. The maximum atomic E-state index is 6.07. The van der Waals surface area contributed by atoms with Gasteiger partial charge in [0.2, 0.25) is 0 Å². The lowest BCUT2D eigenvalue weighted by atomic mass is 10.1. The molecule has 1 aliphatic rings. The molecule has 3 atom stereocenters. The van der Waals surface area contributed by atoms with Crippen molar-refractivity contribution >= 4 is 23.2 Å². The summed E-state index contributed by atoms with van der Waals surface area (Å²) in [6, 6.07) is 17.4. The van der Waals surface area contributed by atoms with Crippen LogP contribution in [0.2, 0.25) is 10.0 Å². The van der Waals surface area contributed by atoms with E-state index in [2.05, 4.69) is 42.6 Å². The van der Waals surface area contributed by atoms with Crippen LogP contribution in [0.1, 0.15) is 36.4 Å². The van der Waals surface area contributed by atoms with Crippen LogP contribution >= 0.6 is 23.2 Å². The molecule has 2 aromatic rings. The summed E-state index contributed by atoms with van der Waals surface area (Å²) in [5.74, 6) is 0.640. The van der Waals surface area contributed by atoms with Crippen molar-refractivity contribution in [2.45, 2.75) is 31.3 Å². The van der Waals surface area contributed by atoms with Crippen molar-refractivity contribution in [3.05, 3.63) is 69.7 Å². The first-order valence-electron chi connectivity index (χ1n) is 6.91. The fourth-order valence-corrected chi connectivity index (χ4v) is 2.95. The van der Waals surface area contributed by atoms with Gasteiger partial charge in [0.25, 0.3) is 0 Å². The Kier molecular flexibility index (Phi) is 4.02. The summed E-state index contributed by atoms with van der Waals surface area (Å²) in [7, 11) is 0. The molecule has 3 heteroatoms. The molecule has 104 valence electrons. The Hall–Kier alpha value is -1.02. The second-order valence-electron chi connectivity index (χ2n) is 5.42. The first-order chi connectivity index (χ1) is 9.65. The largest absolute Gasteiger partial charge is 0.307 e. The van der Waals surface area contributed by atoms with E-state index in [-0.39, 0.29) is 6.04 Å². The summed E-state index contributed by atoms with van der Waals surface area (Å²) in [4.78, 5) is 0. The van der Waals surface area contributed by atoms with Gasteiger partial charge in [0.05, 0.1) is 10.0 Å². The molecule has 0 heterocycles. The van der Waals surface area contributed by atoms with Crippen molar-refractivity contribution in [1.82, 2.24) is 5.32 Å². The molecule has 0 aliphatic heterocycles. The van der Waals surface area contributed by atoms with Gasteiger partial charge in [-0.15, -0.1) is 0 Å². The Morgan fingerprint density at radius 1 is 1.05 bits per heavy atom. The highest BCUT2D eigenvalue weighted by molar-refractivity contribution is 6.42. The van der Waals surface area contributed by atoms with Gasteiger partial charge in [0.1, 0.15) is 0 Å². The molecule has 0 spiro atoms. The van der Waals surface area contributed by atoms with Gasteiger partial charge in [-0.25, -0.2) is 0 Å². The molecular weight excluding hydrogens is 289 g/mol. The van der Waals surface area contributed by atoms with E-state index in [0.29, 0.717) is 22.0 Å². The van der Waals surface area contributed by atoms with Crippen LogP contribution in [0.5, 0.6) is 0 Å². The van der Waals surface area contributed by atoms with Crippen LogP contribution in [0.4, 0.5) is 0 Å². The number of hydrogen-bond acceptors (Lipinski definition) is 1. The maximum absolute atomic E-state index is 6.07. The van der Waals surface area contributed by atoms with E-state index < -0.39 is 0 Å².